The van der Waals surface area contributed by atoms with E-state index < -0.39 is 22.0 Å². The Labute approximate surface area is 229 Å². The number of halogens is 3. The zero-order valence-electron chi connectivity index (χ0n) is 20.7. The van der Waals surface area contributed by atoms with Crippen LogP contribution in [0.5, 0.6) is 5.75 Å². The highest BCUT2D eigenvalue weighted by Gasteiger charge is 2.45. The number of alkyl halides is 3. The van der Waals surface area contributed by atoms with Crippen LogP contribution in [0.25, 0.3) is 0 Å². The number of cyclic esters (lactones) is 1. The molecule has 3 rings (SSSR count). The van der Waals surface area contributed by atoms with Gasteiger partial charge in [-0.3, -0.25) is 0 Å². The van der Waals surface area contributed by atoms with Crippen LogP contribution in [0.4, 0.5) is 0 Å². The number of phenols is 1. The number of carbonyl (C=O) groups is 1. The maximum Gasteiger partial charge on any atom is 0.338 e. The summed E-state index contributed by atoms with van der Waals surface area (Å²) >= 11 is 11.4. The van der Waals surface area contributed by atoms with Crippen molar-refractivity contribution in [2.24, 2.45) is 11.3 Å². The summed E-state index contributed by atoms with van der Waals surface area (Å²) in [4.78, 5) is 13.3. The molecule has 0 amide bonds. The van der Waals surface area contributed by atoms with Gasteiger partial charge in [0.2, 0.25) is 0 Å². The number of aromatic hydroxyl groups is 1. The summed E-state index contributed by atoms with van der Waals surface area (Å²) in [6, 6.07) is 5.01. The normalized spacial score (nSPS) is 35.9. The van der Waals surface area contributed by atoms with Gasteiger partial charge in [0.1, 0.15) is 11.9 Å². The number of fused-ring (bicyclic) bond motifs is 3. The molecule has 1 aromatic rings. The van der Waals surface area contributed by atoms with Crippen molar-refractivity contribution in [3.63, 3.8) is 0 Å². The minimum Gasteiger partial charge on any atom is -0.508 e. The fourth-order valence-corrected chi connectivity index (χ4v) is 6.84. The monoisotopic (exact) mass is 662 g/mol. The van der Waals surface area contributed by atoms with Crippen LogP contribution in [0.2, 0.25) is 0 Å². The van der Waals surface area contributed by atoms with E-state index in [-0.39, 0.29) is 26.7 Å². The Balaban J connectivity index is 2.07. The molecule has 1 heterocycles. The van der Waals surface area contributed by atoms with Gasteiger partial charge >= 0.3 is 5.97 Å². The van der Waals surface area contributed by atoms with Crippen LogP contribution in [0.15, 0.2) is 29.8 Å². The van der Waals surface area contributed by atoms with E-state index in [0.29, 0.717) is 24.8 Å². The number of benzene rings is 1. The lowest BCUT2D eigenvalue weighted by Crippen LogP contribution is -2.43. The maximum absolute atomic E-state index is 13.2. The third kappa shape index (κ3) is 6.12. The highest BCUT2D eigenvalue weighted by molar-refractivity contribution is 9.10. The van der Waals surface area contributed by atoms with E-state index in [1.165, 1.54) is 5.57 Å². The van der Waals surface area contributed by atoms with Gasteiger partial charge in [0, 0.05) is 9.65 Å². The zero-order valence-corrected chi connectivity index (χ0v) is 25.5. The molecule has 1 aliphatic heterocycles. The first kappa shape index (κ1) is 28.2. The van der Waals surface area contributed by atoms with E-state index in [1.807, 2.05) is 20.8 Å². The fourth-order valence-electron chi connectivity index (χ4n) is 5.33. The van der Waals surface area contributed by atoms with Crippen LogP contribution in [0, 0.1) is 11.3 Å². The molecular weight excluding hydrogens is 628 g/mol. The molecule has 1 aliphatic carbocycles. The molecule has 4 nitrogen and oxygen atoms in total. The molecule has 34 heavy (non-hydrogen) atoms. The molecule has 0 saturated heterocycles. The molecule has 190 valence electrons. The Kier molecular flexibility index (Phi) is 8.75. The molecular formula is C27H37Br3O4. The summed E-state index contributed by atoms with van der Waals surface area (Å²) in [5.41, 5.74) is 1.46. The van der Waals surface area contributed by atoms with Crippen molar-refractivity contribution in [2.75, 3.05) is 0 Å². The van der Waals surface area contributed by atoms with Crippen molar-refractivity contribution in [3.05, 3.63) is 41.0 Å². The predicted molar refractivity (Wildman–Crippen MR) is 149 cm³/mol. The van der Waals surface area contributed by atoms with Gasteiger partial charge < -0.3 is 14.9 Å². The molecule has 2 bridgehead atoms. The Morgan fingerprint density at radius 1 is 1.12 bits per heavy atom. The number of aliphatic hydroxyl groups is 1. The van der Waals surface area contributed by atoms with Crippen LogP contribution >= 0.6 is 47.8 Å². The van der Waals surface area contributed by atoms with Crippen molar-refractivity contribution in [2.45, 2.75) is 98.8 Å². The predicted octanol–water partition coefficient (Wildman–Crippen LogP) is 7.46. The second-order valence-corrected chi connectivity index (χ2v) is 15.4. The summed E-state index contributed by atoms with van der Waals surface area (Å²) in [6.07, 6.45) is 6.16. The number of hydrogen-bond acceptors (Lipinski definition) is 4. The number of carbonyl (C=O) groups excluding carboxylic acids is 1. The average Bonchev–Trinajstić information content (AvgIpc) is 2.75. The molecule has 0 radical (unpaired) electrons. The van der Waals surface area contributed by atoms with Crippen LogP contribution < -0.4 is 0 Å². The smallest absolute Gasteiger partial charge is 0.338 e. The molecule has 1 aromatic carbocycles. The molecule has 2 aliphatic rings. The average molecular weight is 665 g/mol. The molecule has 0 aromatic heterocycles. The van der Waals surface area contributed by atoms with Crippen molar-refractivity contribution in [3.8, 4) is 5.75 Å². The Morgan fingerprint density at radius 3 is 2.44 bits per heavy atom. The van der Waals surface area contributed by atoms with Gasteiger partial charge in [-0.1, -0.05) is 66.4 Å². The highest BCUT2D eigenvalue weighted by Crippen LogP contribution is 2.51. The summed E-state index contributed by atoms with van der Waals surface area (Å²) in [7, 11) is 0. The number of ether oxygens (including phenoxy) is 1. The van der Waals surface area contributed by atoms with E-state index in [9.17, 15) is 15.0 Å². The quantitative estimate of drug-likeness (QED) is 0.186. The third-order valence-electron chi connectivity index (χ3n) is 7.99. The van der Waals surface area contributed by atoms with Crippen LogP contribution in [0.3, 0.4) is 0 Å². The summed E-state index contributed by atoms with van der Waals surface area (Å²) in [5.74, 6) is -0.0288. The van der Waals surface area contributed by atoms with Crippen molar-refractivity contribution >= 4 is 53.8 Å². The van der Waals surface area contributed by atoms with Gasteiger partial charge in [0.05, 0.1) is 15.5 Å². The molecule has 7 heteroatoms. The fraction of sp³-hybridized carbons (Fsp3) is 0.667. The maximum atomic E-state index is 13.2. The van der Waals surface area contributed by atoms with E-state index in [1.54, 1.807) is 18.2 Å². The molecule has 0 unspecified atom stereocenters. The first-order valence-electron chi connectivity index (χ1n) is 12.0. The first-order valence-corrected chi connectivity index (χ1v) is 14.7. The Hall–Kier alpha value is -0.370. The van der Waals surface area contributed by atoms with Gasteiger partial charge in [-0.2, -0.15) is 0 Å². The van der Waals surface area contributed by atoms with Crippen LogP contribution in [-0.4, -0.2) is 41.9 Å². The number of hydrogen-bond donors (Lipinski definition) is 2. The van der Waals surface area contributed by atoms with E-state index in [4.69, 9.17) is 4.74 Å². The standard InChI is InChI=1S/C27H37Br3O4/c1-16-6-9-21(28)26(4)12-10-22(29)27(5,33)13-11-23(25(2,3)30)34-24(32)17-7-8-20(31)18(14-17)15-19(16)26/h6-8,14,19,21-23,31,33H,9-13,15H2,1-5H3/t19-,21+,22-,23+,26+,27+/m1/s1. The summed E-state index contributed by atoms with van der Waals surface area (Å²) in [5, 5.41) is 22.0. The van der Waals surface area contributed by atoms with E-state index in [2.05, 4.69) is 67.7 Å². The van der Waals surface area contributed by atoms with Gasteiger partial charge in [-0.05, 0) is 101 Å². The molecule has 6 atom stereocenters. The zero-order chi connectivity index (χ0) is 25.5. The number of esters is 1. The highest BCUT2D eigenvalue weighted by atomic mass is 79.9. The number of phenolic OH excluding ortho intramolecular Hbond substituents is 1. The lowest BCUT2D eigenvalue weighted by molar-refractivity contribution is 0.0000609. The van der Waals surface area contributed by atoms with Crippen molar-refractivity contribution in [1.29, 1.82) is 0 Å². The van der Waals surface area contributed by atoms with E-state index in [0.717, 1.165) is 24.8 Å². The van der Waals surface area contributed by atoms with Gasteiger partial charge in [-0.25, -0.2) is 4.79 Å². The lowest BCUT2D eigenvalue weighted by Gasteiger charge is -2.46. The summed E-state index contributed by atoms with van der Waals surface area (Å²) < 4.78 is 5.49. The summed E-state index contributed by atoms with van der Waals surface area (Å²) in [6.45, 7) is 10.3. The lowest BCUT2D eigenvalue weighted by atomic mass is 9.62. The van der Waals surface area contributed by atoms with E-state index >= 15 is 0 Å². The molecule has 0 saturated carbocycles. The topological polar surface area (TPSA) is 66.8 Å². The molecule has 0 fully saturated rings. The minimum atomic E-state index is -0.952. The van der Waals surface area contributed by atoms with Gasteiger partial charge in [0.25, 0.3) is 0 Å². The largest absolute Gasteiger partial charge is 0.508 e. The second-order valence-electron chi connectivity index (χ2n) is 11.1. The van der Waals surface area contributed by atoms with Crippen molar-refractivity contribution in [1.82, 2.24) is 0 Å². The van der Waals surface area contributed by atoms with Crippen LogP contribution in [0.1, 0.15) is 82.6 Å². The first-order chi connectivity index (χ1) is 15.6. The Bertz CT molecular complexity index is 936. The SMILES string of the molecule is CC1=CC[C@H](Br)[C@@]2(C)CC[C@@H](Br)[C@@](C)(O)CC[C@@H](C(C)(C)Br)OC(=O)c3ccc(O)c(c3)C[C@H]12. The molecule has 2 N–H and O–H groups in total. The molecule has 0 spiro atoms. The van der Waals surface area contributed by atoms with Crippen LogP contribution in [-0.2, 0) is 11.2 Å². The van der Waals surface area contributed by atoms with Crippen molar-refractivity contribution < 1.29 is 19.7 Å². The minimum absolute atomic E-state index is 0.0789. The number of rotatable bonds is 1. The van der Waals surface area contributed by atoms with Gasteiger partial charge in [-0.15, -0.1) is 0 Å². The third-order valence-corrected chi connectivity index (χ3v) is 11.4. The number of allylic oxidation sites excluding steroid dienone is 2. The Morgan fingerprint density at radius 2 is 1.79 bits per heavy atom. The van der Waals surface area contributed by atoms with Gasteiger partial charge in [0.15, 0.2) is 0 Å². The second kappa shape index (κ2) is 10.5.